The predicted molar refractivity (Wildman–Crippen MR) is 88.0 cm³/mol. The highest BCUT2D eigenvalue weighted by Gasteiger charge is 2.58. The van der Waals surface area contributed by atoms with Crippen LogP contribution in [-0.2, 0) is 4.74 Å². The van der Waals surface area contributed by atoms with Gasteiger partial charge < -0.3 is 4.74 Å². The van der Waals surface area contributed by atoms with Crippen molar-refractivity contribution in [3.05, 3.63) is 0 Å². The maximum Gasteiger partial charge on any atom is 0.121 e. The lowest BCUT2D eigenvalue weighted by Gasteiger charge is -2.49. The SMILES string of the molecule is CCC12[B]C1CCC1CC3(COC3)N(C(C)C)C1CCC2. The first-order valence-electron chi connectivity index (χ1n) is 9.32. The molecular formula is C18H31BNO. The van der Waals surface area contributed by atoms with E-state index in [2.05, 4.69) is 33.0 Å². The van der Waals surface area contributed by atoms with Gasteiger partial charge in [-0.15, -0.1) is 0 Å². The second-order valence-corrected chi connectivity index (χ2v) is 8.58. The van der Waals surface area contributed by atoms with Crippen LogP contribution in [0.15, 0.2) is 0 Å². The smallest absolute Gasteiger partial charge is 0.121 e. The minimum Gasteiger partial charge on any atom is -0.377 e. The molecule has 0 N–H and O–H groups in total. The molecule has 1 spiro atoms. The molecule has 4 unspecified atom stereocenters. The molecular weight excluding hydrogens is 257 g/mol. The van der Waals surface area contributed by atoms with Gasteiger partial charge in [-0.2, -0.15) is 0 Å². The van der Waals surface area contributed by atoms with Crippen molar-refractivity contribution in [3.63, 3.8) is 0 Å². The highest BCUT2D eigenvalue weighted by Crippen LogP contribution is 2.66. The molecule has 21 heavy (non-hydrogen) atoms. The number of hydrogen-bond acceptors (Lipinski definition) is 2. The molecule has 0 aromatic rings. The van der Waals surface area contributed by atoms with Gasteiger partial charge in [0.1, 0.15) is 7.28 Å². The largest absolute Gasteiger partial charge is 0.377 e. The summed E-state index contributed by atoms with van der Waals surface area (Å²) in [5.74, 6) is 1.88. The van der Waals surface area contributed by atoms with E-state index in [1.807, 2.05) is 0 Å². The summed E-state index contributed by atoms with van der Waals surface area (Å²) in [6.45, 7) is 9.18. The molecule has 2 nitrogen and oxygen atoms in total. The standard InChI is InChI=1S/C18H31BNO/c1-4-18-9-5-6-15-14(7-8-16(18)19-18)10-17(11-21-12-17)20(15)13(2)3/h13-16H,4-12H2,1-3H3. The van der Waals surface area contributed by atoms with E-state index in [4.69, 9.17) is 4.74 Å². The third-order valence-electron chi connectivity index (χ3n) is 7.20. The first-order chi connectivity index (χ1) is 10.1. The fourth-order valence-electron chi connectivity index (χ4n) is 6.10. The van der Waals surface area contributed by atoms with Gasteiger partial charge in [0.25, 0.3) is 0 Å². The number of nitrogens with zero attached hydrogens (tertiary/aromatic N) is 1. The summed E-state index contributed by atoms with van der Waals surface area (Å²) >= 11 is 0. The summed E-state index contributed by atoms with van der Waals surface area (Å²) in [5, 5.41) is 0.651. The van der Waals surface area contributed by atoms with Crippen LogP contribution in [0.3, 0.4) is 0 Å². The number of rotatable bonds is 2. The topological polar surface area (TPSA) is 12.5 Å². The molecule has 4 atom stereocenters. The molecule has 4 aliphatic rings. The monoisotopic (exact) mass is 288 g/mol. The van der Waals surface area contributed by atoms with Crippen LogP contribution in [0.1, 0.15) is 65.7 Å². The maximum absolute atomic E-state index is 5.65. The van der Waals surface area contributed by atoms with Gasteiger partial charge in [-0.3, -0.25) is 4.90 Å². The normalized spacial score (nSPS) is 45.0. The lowest BCUT2D eigenvalue weighted by molar-refractivity contribution is -0.141. The zero-order chi connectivity index (χ0) is 14.7. The predicted octanol–water partition coefficient (Wildman–Crippen LogP) is 3.89. The Hall–Kier alpha value is -0.0151. The van der Waals surface area contributed by atoms with Gasteiger partial charge in [0.05, 0.1) is 18.8 Å². The van der Waals surface area contributed by atoms with Crippen molar-refractivity contribution in [1.82, 2.24) is 4.90 Å². The number of ether oxygens (including phenoxy) is 1. The van der Waals surface area contributed by atoms with E-state index in [-0.39, 0.29) is 0 Å². The van der Waals surface area contributed by atoms with E-state index in [0.29, 0.717) is 16.9 Å². The van der Waals surface area contributed by atoms with Crippen LogP contribution in [0.4, 0.5) is 0 Å². The van der Waals surface area contributed by atoms with Crippen LogP contribution >= 0.6 is 0 Å². The fourth-order valence-corrected chi connectivity index (χ4v) is 6.10. The van der Waals surface area contributed by atoms with Gasteiger partial charge in [0, 0.05) is 12.1 Å². The van der Waals surface area contributed by atoms with Crippen LogP contribution in [0.2, 0.25) is 11.1 Å². The average molecular weight is 288 g/mol. The molecule has 4 rings (SSSR count). The van der Waals surface area contributed by atoms with E-state index in [0.717, 1.165) is 31.0 Å². The summed E-state index contributed by atoms with van der Waals surface area (Å²) in [4.78, 5) is 2.88. The molecule has 0 bridgehead atoms. The van der Waals surface area contributed by atoms with Crippen molar-refractivity contribution >= 4 is 7.28 Å². The van der Waals surface area contributed by atoms with Gasteiger partial charge in [-0.25, -0.2) is 0 Å². The molecule has 117 valence electrons. The van der Waals surface area contributed by atoms with E-state index >= 15 is 0 Å². The van der Waals surface area contributed by atoms with Gasteiger partial charge >= 0.3 is 0 Å². The van der Waals surface area contributed by atoms with Crippen molar-refractivity contribution in [3.8, 4) is 0 Å². The molecule has 4 fully saturated rings. The molecule has 1 saturated carbocycles. The van der Waals surface area contributed by atoms with Gasteiger partial charge in [0.15, 0.2) is 0 Å². The van der Waals surface area contributed by atoms with Crippen LogP contribution in [-0.4, -0.2) is 43.0 Å². The van der Waals surface area contributed by atoms with E-state index < -0.39 is 0 Å². The molecule has 3 heterocycles. The summed E-state index contributed by atoms with van der Waals surface area (Å²) in [7, 11) is 2.69. The molecule has 1 radical (unpaired) electrons. The van der Waals surface area contributed by atoms with Crippen LogP contribution in [0.25, 0.3) is 0 Å². The Kier molecular flexibility index (Phi) is 3.46. The lowest BCUT2D eigenvalue weighted by Crippen LogP contribution is -2.62. The third kappa shape index (κ3) is 2.14. The Bertz CT molecular complexity index is 408. The first kappa shape index (κ1) is 14.6. The molecule has 3 aliphatic heterocycles. The molecule has 3 saturated heterocycles. The molecule has 0 aromatic heterocycles. The van der Waals surface area contributed by atoms with E-state index in [1.54, 1.807) is 0 Å². The highest BCUT2D eigenvalue weighted by molar-refractivity contribution is 6.56. The van der Waals surface area contributed by atoms with E-state index in [1.165, 1.54) is 44.9 Å². The maximum atomic E-state index is 5.65. The average Bonchev–Trinajstić information content (AvgIpc) is 2.98. The third-order valence-corrected chi connectivity index (χ3v) is 7.20. The Morgan fingerprint density at radius 3 is 2.67 bits per heavy atom. The molecule has 0 aromatic carbocycles. The number of hydrogen-bond donors (Lipinski definition) is 0. The Morgan fingerprint density at radius 1 is 1.24 bits per heavy atom. The van der Waals surface area contributed by atoms with Crippen LogP contribution in [0.5, 0.6) is 0 Å². The minimum absolute atomic E-state index is 0.414. The van der Waals surface area contributed by atoms with Gasteiger partial charge in [-0.05, 0) is 39.0 Å². The van der Waals surface area contributed by atoms with Crippen molar-refractivity contribution in [1.29, 1.82) is 0 Å². The van der Waals surface area contributed by atoms with Gasteiger partial charge in [-0.1, -0.05) is 43.7 Å². The zero-order valence-corrected chi connectivity index (χ0v) is 14.1. The summed E-state index contributed by atoms with van der Waals surface area (Å²) in [6, 6.07) is 1.51. The van der Waals surface area contributed by atoms with Crippen LogP contribution < -0.4 is 0 Å². The zero-order valence-electron chi connectivity index (χ0n) is 14.1. The summed E-state index contributed by atoms with van der Waals surface area (Å²) in [6.07, 6.45) is 10.00. The lowest BCUT2D eigenvalue weighted by atomic mass is 9.80. The fraction of sp³-hybridized carbons (Fsp3) is 1.00. The summed E-state index contributed by atoms with van der Waals surface area (Å²) in [5.41, 5.74) is 0.414. The Balaban J connectivity index is 1.53. The van der Waals surface area contributed by atoms with Crippen LogP contribution in [0, 0.1) is 5.92 Å². The summed E-state index contributed by atoms with van der Waals surface area (Å²) < 4.78 is 5.65. The van der Waals surface area contributed by atoms with Crippen molar-refractivity contribution in [2.75, 3.05) is 13.2 Å². The van der Waals surface area contributed by atoms with Crippen molar-refractivity contribution in [2.24, 2.45) is 5.92 Å². The Labute approximate surface area is 131 Å². The highest BCUT2D eigenvalue weighted by atomic mass is 16.5. The Morgan fingerprint density at radius 2 is 2.05 bits per heavy atom. The van der Waals surface area contributed by atoms with Gasteiger partial charge in [0.2, 0.25) is 0 Å². The number of fused-ring (bicyclic) bond motifs is 2. The minimum atomic E-state index is 0.414. The number of likely N-dealkylation sites (tertiary alicyclic amines) is 1. The van der Waals surface area contributed by atoms with Crippen molar-refractivity contribution in [2.45, 2.75) is 94.5 Å². The van der Waals surface area contributed by atoms with Crippen molar-refractivity contribution < 1.29 is 4.74 Å². The second kappa shape index (κ2) is 4.99. The molecule has 0 amide bonds. The quantitative estimate of drug-likeness (QED) is 0.715. The molecule has 1 aliphatic carbocycles. The molecule has 3 heteroatoms. The second-order valence-electron chi connectivity index (χ2n) is 8.58. The first-order valence-corrected chi connectivity index (χ1v) is 9.32. The van der Waals surface area contributed by atoms with E-state index in [9.17, 15) is 0 Å².